The molecule has 1 heterocycles. The van der Waals surface area contributed by atoms with Crippen molar-refractivity contribution in [3.63, 3.8) is 0 Å². The largest absolute Gasteiger partial charge is 0.494 e. The highest BCUT2D eigenvalue weighted by molar-refractivity contribution is 7.87. The van der Waals surface area contributed by atoms with Gasteiger partial charge in [-0.15, -0.1) is 0 Å². The third-order valence-corrected chi connectivity index (χ3v) is 6.66. The highest BCUT2D eigenvalue weighted by atomic mass is 35.5. The Morgan fingerprint density at radius 1 is 1.17 bits per heavy atom. The van der Waals surface area contributed by atoms with Gasteiger partial charge in [0.05, 0.1) is 13.2 Å². The lowest BCUT2D eigenvalue weighted by molar-refractivity contribution is -0.116. The summed E-state index contributed by atoms with van der Waals surface area (Å²) in [5.74, 6) is -0.252. The van der Waals surface area contributed by atoms with Gasteiger partial charge in [-0.25, -0.2) is 4.39 Å². The van der Waals surface area contributed by atoms with E-state index < -0.39 is 21.9 Å². The van der Waals surface area contributed by atoms with Gasteiger partial charge >= 0.3 is 0 Å². The monoisotopic (exact) mass is 441 g/mol. The minimum atomic E-state index is -3.82. The molecule has 3 rings (SSSR count). The van der Waals surface area contributed by atoms with Crippen LogP contribution in [0.1, 0.15) is 12.5 Å². The highest BCUT2D eigenvalue weighted by Crippen LogP contribution is 2.24. The molecule has 0 aromatic heterocycles. The maximum atomic E-state index is 13.2. The first-order valence-corrected chi connectivity index (χ1v) is 10.8. The molecule has 0 bridgehead atoms. The Balaban J connectivity index is 1.60. The van der Waals surface area contributed by atoms with Crippen molar-refractivity contribution in [2.24, 2.45) is 0 Å². The van der Waals surface area contributed by atoms with Crippen molar-refractivity contribution in [1.29, 1.82) is 0 Å². The normalized spacial score (nSPS) is 16.7. The van der Waals surface area contributed by atoms with Gasteiger partial charge in [0.2, 0.25) is 5.91 Å². The second-order valence-corrected chi connectivity index (χ2v) is 8.75. The summed E-state index contributed by atoms with van der Waals surface area (Å²) in [5.41, 5.74) is 1.04. The van der Waals surface area contributed by atoms with Crippen LogP contribution in [0, 0.1) is 5.82 Å². The Labute approximate surface area is 174 Å². The van der Waals surface area contributed by atoms with Crippen molar-refractivity contribution in [2.45, 2.75) is 13.5 Å². The first kappa shape index (κ1) is 21.5. The molecule has 2 aromatic rings. The van der Waals surface area contributed by atoms with E-state index in [2.05, 4.69) is 5.32 Å². The lowest BCUT2D eigenvalue weighted by Crippen LogP contribution is -2.37. The zero-order valence-corrected chi connectivity index (χ0v) is 17.3. The maximum absolute atomic E-state index is 13.2. The Kier molecular flexibility index (Phi) is 6.74. The molecule has 0 saturated carbocycles. The molecule has 29 heavy (non-hydrogen) atoms. The molecule has 2 aromatic carbocycles. The molecule has 0 aliphatic carbocycles. The highest BCUT2D eigenvalue weighted by Gasteiger charge is 2.37. The Morgan fingerprint density at radius 2 is 1.86 bits per heavy atom. The van der Waals surface area contributed by atoms with Gasteiger partial charge in [-0.2, -0.15) is 17.0 Å². The summed E-state index contributed by atoms with van der Waals surface area (Å²) in [6, 6.07) is 10.6. The first-order valence-electron chi connectivity index (χ1n) is 9.01. The lowest BCUT2D eigenvalue weighted by atomic mass is 10.2. The molecule has 7 nitrogen and oxygen atoms in total. The van der Waals surface area contributed by atoms with E-state index in [-0.39, 0.29) is 31.2 Å². The van der Waals surface area contributed by atoms with Gasteiger partial charge < -0.3 is 10.1 Å². The topological polar surface area (TPSA) is 79.0 Å². The Bertz CT molecular complexity index is 985. The number of benzene rings is 2. The van der Waals surface area contributed by atoms with E-state index in [1.807, 2.05) is 6.92 Å². The summed E-state index contributed by atoms with van der Waals surface area (Å²) in [6.07, 6.45) is 0. The van der Waals surface area contributed by atoms with E-state index >= 15 is 0 Å². The van der Waals surface area contributed by atoms with Crippen LogP contribution < -0.4 is 10.1 Å². The van der Waals surface area contributed by atoms with E-state index in [0.717, 1.165) is 10.4 Å². The number of anilines is 1. The summed E-state index contributed by atoms with van der Waals surface area (Å²) < 4.78 is 46.3. The average molecular weight is 442 g/mol. The molecule has 156 valence electrons. The summed E-state index contributed by atoms with van der Waals surface area (Å²) in [5, 5.41) is 2.83. The molecule has 0 unspecified atom stereocenters. The van der Waals surface area contributed by atoms with Gasteiger partial charge in [0.25, 0.3) is 10.2 Å². The Morgan fingerprint density at radius 3 is 2.52 bits per heavy atom. The maximum Gasteiger partial charge on any atom is 0.282 e. The van der Waals surface area contributed by atoms with Crippen LogP contribution >= 0.6 is 11.6 Å². The fourth-order valence-electron chi connectivity index (χ4n) is 2.94. The fraction of sp³-hybridized carbons (Fsp3) is 0.316. The van der Waals surface area contributed by atoms with Gasteiger partial charge in [-0.3, -0.25) is 4.79 Å². The molecule has 10 heteroatoms. The molecule has 1 saturated heterocycles. The molecule has 1 fully saturated rings. The van der Waals surface area contributed by atoms with Crippen LogP contribution in [0.25, 0.3) is 0 Å². The minimum Gasteiger partial charge on any atom is -0.494 e. The molecule has 0 spiro atoms. The average Bonchev–Trinajstić information content (AvgIpc) is 2.93. The quantitative estimate of drug-likeness (QED) is 0.716. The molecule has 1 aliphatic heterocycles. The molecule has 0 radical (unpaired) electrons. The van der Waals surface area contributed by atoms with Gasteiger partial charge in [0, 0.05) is 30.3 Å². The number of carbonyl (C=O) groups excluding carboxylic acids is 1. The van der Waals surface area contributed by atoms with Crippen molar-refractivity contribution >= 4 is 33.4 Å². The standard InChI is InChI=1S/C19H21ClFN3O4S/c1-2-28-17-7-5-16(6-8-17)22-19(25)13-24-10-9-23(29(24,26)27)12-14-3-4-15(21)11-18(14)20/h3-8,11H,2,9-10,12-13H2,1H3,(H,22,25). The van der Waals surface area contributed by atoms with Gasteiger partial charge in [-0.1, -0.05) is 17.7 Å². The number of nitrogens with one attached hydrogen (secondary N) is 1. The molecular formula is C19H21ClFN3O4S. The van der Waals surface area contributed by atoms with Crippen molar-refractivity contribution in [3.8, 4) is 5.75 Å². The van der Waals surface area contributed by atoms with Crippen LogP contribution in [-0.2, 0) is 21.5 Å². The predicted octanol–water partition coefficient (Wildman–Crippen LogP) is 2.88. The minimum absolute atomic E-state index is 0.0124. The smallest absolute Gasteiger partial charge is 0.282 e. The number of amides is 1. The van der Waals surface area contributed by atoms with Crippen molar-refractivity contribution in [1.82, 2.24) is 8.61 Å². The van der Waals surface area contributed by atoms with E-state index in [4.69, 9.17) is 16.3 Å². The van der Waals surface area contributed by atoms with Gasteiger partial charge in [0.1, 0.15) is 11.6 Å². The number of carbonyl (C=O) groups is 1. The summed E-state index contributed by atoms with van der Waals surface area (Å²) in [4.78, 5) is 12.3. The van der Waals surface area contributed by atoms with Crippen LogP contribution in [0.15, 0.2) is 42.5 Å². The summed E-state index contributed by atoms with van der Waals surface area (Å²) in [7, 11) is -3.82. The van der Waals surface area contributed by atoms with Crippen LogP contribution in [0.2, 0.25) is 5.02 Å². The SMILES string of the molecule is CCOc1ccc(NC(=O)CN2CCN(Cc3ccc(F)cc3Cl)S2(=O)=O)cc1. The zero-order chi connectivity index (χ0) is 21.0. The number of halogens is 2. The molecular weight excluding hydrogens is 421 g/mol. The molecule has 1 aliphatic rings. The lowest BCUT2D eigenvalue weighted by Gasteiger charge is -2.19. The van der Waals surface area contributed by atoms with Crippen molar-refractivity contribution in [3.05, 3.63) is 58.9 Å². The molecule has 1 N–H and O–H groups in total. The second kappa shape index (κ2) is 9.08. The van der Waals surface area contributed by atoms with E-state index in [1.165, 1.54) is 16.4 Å². The van der Waals surface area contributed by atoms with E-state index in [0.29, 0.717) is 23.6 Å². The third kappa shape index (κ3) is 5.24. The number of ether oxygens (including phenoxy) is 1. The van der Waals surface area contributed by atoms with Crippen LogP contribution in [0.3, 0.4) is 0 Å². The van der Waals surface area contributed by atoms with Crippen molar-refractivity contribution in [2.75, 3.05) is 31.6 Å². The number of nitrogens with zero attached hydrogens (tertiary/aromatic N) is 2. The van der Waals surface area contributed by atoms with Gasteiger partial charge in [0.15, 0.2) is 0 Å². The van der Waals surface area contributed by atoms with Crippen molar-refractivity contribution < 1.29 is 22.3 Å². The van der Waals surface area contributed by atoms with E-state index in [1.54, 1.807) is 24.3 Å². The van der Waals surface area contributed by atoms with Crippen LogP contribution in [-0.4, -0.2) is 49.2 Å². The number of hydrogen-bond donors (Lipinski definition) is 1. The Hall–Kier alpha value is -2.20. The molecule has 1 amide bonds. The van der Waals surface area contributed by atoms with Gasteiger partial charge in [-0.05, 0) is 48.9 Å². The fourth-order valence-corrected chi connectivity index (χ4v) is 4.70. The summed E-state index contributed by atoms with van der Waals surface area (Å²) >= 11 is 5.99. The number of rotatable bonds is 7. The van der Waals surface area contributed by atoms with Crippen LogP contribution in [0.4, 0.5) is 10.1 Å². The number of hydrogen-bond acceptors (Lipinski definition) is 4. The van der Waals surface area contributed by atoms with Crippen LogP contribution in [0.5, 0.6) is 5.75 Å². The van der Waals surface area contributed by atoms with E-state index in [9.17, 15) is 17.6 Å². The zero-order valence-electron chi connectivity index (χ0n) is 15.8. The third-order valence-electron chi connectivity index (χ3n) is 4.38. The first-order chi connectivity index (χ1) is 13.8. The predicted molar refractivity (Wildman–Crippen MR) is 109 cm³/mol. The molecule has 0 atom stereocenters. The second-order valence-electron chi connectivity index (χ2n) is 6.42. The summed E-state index contributed by atoms with van der Waals surface area (Å²) in [6.45, 7) is 2.52.